The van der Waals surface area contributed by atoms with E-state index < -0.39 is 0 Å². The molecule has 0 amide bonds. The van der Waals surface area contributed by atoms with Gasteiger partial charge in [0.15, 0.2) is 5.82 Å². The second-order valence-electron chi connectivity index (χ2n) is 8.26. The molecule has 0 bridgehead atoms. The monoisotopic (exact) mass is 468 g/mol. The predicted molar refractivity (Wildman–Crippen MR) is 125 cm³/mol. The standard InChI is InChI=1S/C21H19ClN8O.H2S/c22-14-5-7-30-17(14)21(31)29(10-12-3-4-12)19(27-30)15-2-1-6-28(15)20-16-13(8-23)9-24-18(16)25-11-26-20;/h5,7,9,11-12,15H,1-4,6,10H2,(H,24,25,26);1H2/t15-;/m0./s1. The molecule has 0 unspecified atom stereocenters. The van der Waals surface area contributed by atoms with E-state index in [1.54, 1.807) is 23.0 Å². The van der Waals surface area contributed by atoms with Crippen molar-refractivity contribution in [1.82, 2.24) is 29.1 Å². The van der Waals surface area contributed by atoms with Crippen LogP contribution in [0.25, 0.3) is 16.6 Å². The number of anilines is 1. The Morgan fingerprint density at radius 3 is 2.91 bits per heavy atom. The van der Waals surface area contributed by atoms with E-state index in [1.807, 2.05) is 4.57 Å². The summed E-state index contributed by atoms with van der Waals surface area (Å²) in [5.41, 5.74) is 1.44. The van der Waals surface area contributed by atoms with E-state index in [4.69, 9.17) is 16.7 Å². The molecule has 1 N–H and O–H groups in total. The molecular weight excluding hydrogens is 448 g/mol. The lowest BCUT2D eigenvalue weighted by Gasteiger charge is -2.27. The lowest BCUT2D eigenvalue weighted by molar-refractivity contribution is 0.506. The summed E-state index contributed by atoms with van der Waals surface area (Å²) in [5.74, 6) is 1.92. The fourth-order valence-corrected chi connectivity index (χ4v) is 4.83. The van der Waals surface area contributed by atoms with Crippen LogP contribution in [0.2, 0.25) is 5.02 Å². The summed E-state index contributed by atoms with van der Waals surface area (Å²) < 4.78 is 3.40. The number of fused-ring (bicyclic) bond motifs is 2. The van der Waals surface area contributed by atoms with E-state index in [0.717, 1.165) is 38.1 Å². The summed E-state index contributed by atoms with van der Waals surface area (Å²) in [7, 11) is 0. The molecule has 0 aromatic carbocycles. The summed E-state index contributed by atoms with van der Waals surface area (Å²) in [6.45, 7) is 1.41. The van der Waals surface area contributed by atoms with Crippen molar-refractivity contribution >= 4 is 47.5 Å². The Kier molecular flexibility index (Phi) is 5.10. The van der Waals surface area contributed by atoms with E-state index in [0.29, 0.717) is 45.4 Å². The quantitative estimate of drug-likeness (QED) is 0.493. The molecule has 1 saturated carbocycles. The van der Waals surface area contributed by atoms with Crippen molar-refractivity contribution < 1.29 is 0 Å². The first-order chi connectivity index (χ1) is 15.2. The highest BCUT2D eigenvalue weighted by atomic mass is 35.5. The molecule has 1 atom stereocenters. The zero-order valence-corrected chi connectivity index (χ0v) is 18.9. The Labute approximate surface area is 195 Å². The minimum Gasteiger partial charge on any atom is -0.346 e. The highest BCUT2D eigenvalue weighted by molar-refractivity contribution is 7.59. The number of halogens is 1. The Balaban J connectivity index is 0.00000216. The molecule has 4 aromatic heterocycles. The number of nitrogens with one attached hydrogen (secondary N) is 1. The van der Waals surface area contributed by atoms with Crippen LogP contribution in [-0.4, -0.2) is 35.7 Å². The van der Waals surface area contributed by atoms with Crippen LogP contribution in [0, 0.1) is 17.2 Å². The van der Waals surface area contributed by atoms with Crippen molar-refractivity contribution in [2.24, 2.45) is 5.92 Å². The van der Waals surface area contributed by atoms with Crippen molar-refractivity contribution in [1.29, 1.82) is 5.26 Å². The Morgan fingerprint density at radius 2 is 2.12 bits per heavy atom. The van der Waals surface area contributed by atoms with Gasteiger partial charge in [-0.15, -0.1) is 0 Å². The summed E-state index contributed by atoms with van der Waals surface area (Å²) in [6, 6.07) is 3.80. The molecule has 4 aromatic rings. The third-order valence-corrected chi connectivity index (χ3v) is 6.59. The van der Waals surface area contributed by atoms with Crippen LogP contribution in [0.1, 0.15) is 43.1 Å². The number of hydrogen-bond donors (Lipinski definition) is 1. The van der Waals surface area contributed by atoms with Crippen molar-refractivity contribution in [3.05, 3.63) is 51.6 Å². The molecule has 6 rings (SSSR count). The largest absolute Gasteiger partial charge is 0.346 e. The molecule has 32 heavy (non-hydrogen) atoms. The number of nitriles is 1. The molecule has 164 valence electrons. The van der Waals surface area contributed by atoms with Crippen LogP contribution < -0.4 is 10.5 Å². The van der Waals surface area contributed by atoms with Crippen LogP contribution in [-0.2, 0) is 6.54 Å². The van der Waals surface area contributed by atoms with Gasteiger partial charge >= 0.3 is 0 Å². The van der Waals surface area contributed by atoms with Gasteiger partial charge < -0.3 is 9.88 Å². The molecule has 5 heterocycles. The van der Waals surface area contributed by atoms with Crippen molar-refractivity contribution in [3.8, 4) is 6.07 Å². The lowest BCUT2D eigenvalue weighted by atomic mass is 10.1. The maximum atomic E-state index is 13.4. The third-order valence-electron chi connectivity index (χ3n) is 6.28. The molecule has 0 radical (unpaired) electrons. The van der Waals surface area contributed by atoms with E-state index in [-0.39, 0.29) is 25.1 Å². The van der Waals surface area contributed by atoms with Crippen LogP contribution >= 0.6 is 25.1 Å². The van der Waals surface area contributed by atoms with Gasteiger partial charge in [-0.3, -0.25) is 9.36 Å². The maximum Gasteiger partial charge on any atom is 0.279 e. The van der Waals surface area contributed by atoms with E-state index >= 15 is 0 Å². The van der Waals surface area contributed by atoms with Crippen LogP contribution in [0.3, 0.4) is 0 Å². The molecular formula is C21H21ClN8OS. The van der Waals surface area contributed by atoms with Crippen molar-refractivity contribution in [2.75, 3.05) is 11.4 Å². The van der Waals surface area contributed by atoms with Gasteiger partial charge in [-0.2, -0.15) is 23.9 Å². The van der Waals surface area contributed by atoms with Gasteiger partial charge in [-0.1, -0.05) is 11.6 Å². The Bertz CT molecular complexity index is 1430. The topological polar surface area (TPSA) is 108 Å². The number of aromatic amines is 1. The molecule has 11 heteroatoms. The first kappa shape index (κ1) is 20.8. The second-order valence-corrected chi connectivity index (χ2v) is 8.67. The molecule has 2 fully saturated rings. The maximum absolute atomic E-state index is 13.4. The molecule has 2 aliphatic rings. The Hall–Kier alpha value is -3.03. The van der Waals surface area contributed by atoms with Crippen LogP contribution in [0.15, 0.2) is 29.6 Å². The molecule has 1 aliphatic carbocycles. The zero-order chi connectivity index (χ0) is 21.1. The minimum absolute atomic E-state index is 0. The lowest BCUT2D eigenvalue weighted by Crippen LogP contribution is -2.34. The van der Waals surface area contributed by atoms with Gasteiger partial charge in [0.05, 0.1) is 22.0 Å². The molecule has 1 saturated heterocycles. The van der Waals surface area contributed by atoms with Gasteiger partial charge in [-0.05, 0) is 37.7 Å². The number of aromatic nitrogens is 6. The van der Waals surface area contributed by atoms with Gasteiger partial charge in [0.2, 0.25) is 0 Å². The van der Waals surface area contributed by atoms with Gasteiger partial charge in [0.25, 0.3) is 5.56 Å². The fourth-order valence-electron chi connectivity index (χ4n) is 4.60. The highest BCUT2D eigenvalue weighted by Gasteiger charge is 2.35. The Morgan fingerprint density at radius 1 is 1.28 bits per heavy atom. The van der Waals surface area contributed by atoms with E-state index in [1.165, 1.54) is 6.33 Å². The van der Waals surface area contributed by atoms with E-state index in [9.17, 15) is 10.1 Å². The number of rotatable bonds is 4. The SMILES string of the molecule is N#Cc1c[nH]c2ncnc(N3CCC[C@H]3c3nn4ccc(Cl)c4c(=O)n3CC3CC3)c12.S. The molecule has 9 nitrogen and oxygen atoms in total. The average molecular weight is 469 g/mol. The first-order valence-corrected chi connectivity index (χ1v) is 10.8. The number of nitrogens with zero attached hydrogens (tertiary/aromatic N) is 7. The molecule has 0 spiro atoms. The smallest absolute Gasteiger partial charge is 0.279 e. The summed E-state index contributed by atoms with van der Waals surface area (Å²) in [5, 5.41) is 15.5. The fraction of sp³-hybridized carbons (Fsp3) is 0.381. The molecule has 1 aliphatic heterocycles. The average Bonchev–Trinajstić information content (AvgIpc) is 3.15. The second kappa shape index (κ2) is 7.83. The van der Waals surface area contributed by atoms with Crippen LogP contribution in [0.5, 0.6) is 0 Å². The number of H-pyrrole nitrogens is 1. The van der Waals surface area contributed by atoms with Gasteiger partial charge in [0, 0.05) is 25.5 Å². The van der Waals surface area contributed by atoms with E-state index in [2.05, 4.69) is 25.9 Å². The summed E-state index contributed by atoms with van der Waals surface area (Å²) in [4.78, 5) is 27.4. The van der Waals surface area contributed by atoms with Crippen molar-refractivity contribution in [3.63, 3.8) is 0 Å². The minimum atomic E-state index is -0.128. The van der Waals surface area contributed by atoms with Crippen molar-refractivity contribution in [2.45, 2.75) is 38.3 Å². The summed E-state index contributed by atoms with van der Waals surface area (Å²) >= 11 is 6.29. The number of hydrogen-bond acceptors (Lipinski definition) is 6. The zero-order valence-electron chi connectivity index (χ0n) is 17.1. The third kappa shape index (κ3) is 3.15. The summed E-state index contributed by atoms with van der Waals surface area (Å²) in [6.07, 6.45) is 8.92. The van der Waals surface area contributed by atoms with Gasteiger partial charge in [0.1, 0.15) is 29.4 Å². The predicted octanol–water partition coefficient (Wildman–Crippen LogP) is 3.16. The highest BCUT2D eigenvalue weighted by Crippen LogP contribution is 2.39. The normalized spacial score (nSPS) is 18.2. The van der Waals surface area contributed by atoms with Crippen LogP contribution in [0.4, 0.5) is 5.82 Å². The first-order valence-electron chi connectivity index (χ1n) is 10.4. The van der Waals surface area contributed by atoms with Gasteiger partial charge in [-0.25, -0.2) is 14.5 Å².